The molecule has 1 saturated heterocycles. The lowest BCUT2D eigenvalue weighted by Gasteiger charge is -2.33. The molecule has 2 aromatic heterocycles. The van der Waals surface area contributed by atoms with Crippen molar-refractivity contribution in [2.75, 3.05) is 31.1 Å². The van der Waals surface area contributed by atoms with Crippen LogP contribution in [0.4, 0.5) is 18.3 Å². The molecule has 1 fully saturated rings. The lowest BCUT2D eigenvalue weighted by Crippen LogP contribution is -2.46. The Kier molecular flexibility index (Phi) is 4.04. The number of rotatable bonds is 3. The van der Waals surface area contributed by atoms with Gasteiger partial charge < -0.3 is 9.42 Å². The molecule has 1 aliphatic heterocycles. The number of hydrogen-bond donors (Lipinski definition) is 0. The Labute approximate surface area is 128 Å². The maximum absolute atomic E-state index is 12.6. The van der Waals surface area contributed by atoms with E-state index in [0.29, 0.717) is 60.9 Å². The molecule has 0 unspecified atom stereocenters. The fourth-order valence-corrected chi connectivity index (χ4v) is 3.07. The molecule has 0 radical (unpaired) electrons. The smallest absolute Gasteiger partial charge is 0.346 e. The van der Waals surface area contributed by atoms with Gasteiger partial charge in [0.05, 0.1) is 12.7 Å². The molecule has 0 aliphatic carbocycles. The minimum absolute atomic E-state index is 0.417. The van der Waals surface area contributed by atoms with E-state index in [-0.39, 0.29) is 0 Å². The van der Waals surface area contributed by atoms with E-state index in [4.69, 9.17) is 4.52 Å². The van der Waals surface area contributed by atoms with E-state index < -0.39 is 11.1 Å². The van der Waals surface area contributed by atoms with Crippen LogP contribution in [0.25, 0.3) is 0 Å². The Morgan fingerprint density at radius 2 is 2.00 bits per heavy atom. The van der Waals surface area contributed by atoms with Gasteiger partial charge in [-0.05, 0) is 6.92 Å². The normalized spacial score (nSPS) is 17.2. The van der Waals surface area contributed by atoms with Crippen molar-refractivity contribution in [2.45, 2.75) is 19.6 Å². The zero-order valence-electron chi connectivity index (χ0n) is 11.8. The molecule has 120 valence electrons. The minimum Gasteiger partial charge on any atom is -0.346 e. The van der Waals surface area contributed by atoms with Crippen LogP contribution >= 0.6 is 11.3 Å². The fourth-order valence-electron chi connectivity index (χ4n) is 2.23. The van der Waals surface area contributed by atoms with Crippen molar-refractivity contribution < 1.29 is 17.7 Å². The summed E-state index contributed by atoms with van der Waals surface area (Å²) in [4.78, 5) is 11.4. The number of hydrogen-bond acceptors (Lipinski definition) is 7. The largest absolute Gasteiger partial charge is 0.427 e. The van der Waals surface area contributed by atoms with Crippen LogP contribution in [-0.4, -0.2) is 46.2 Å². The fraction of sp³-hybridized carbons (Fsp3) is 0.583. The summed E-state index contributed by atoms with van der Waals surface area (Å²) in [5.74, 6) is 1.15. The van der Waals surface area contributed by atoms with Crippen LogP contribution in [0.5, 0.6) is 0 Å². The van der Waals surface area contributed by atoms with Crippen molar-refractivity contribution in [3.63, 3.8) is 0 Å². The van der Waals surface area contributed by atoms with Gasteiger partial charge in [-0.25, -0.2) is 4.98 Å². The summed E-state index contributed by atoms with van der Waals surface area (Å²) in [6.07, 6.45) is -3.43. The summed E-state index contributed by atoms with van der Waals surface area (Å²) in [5, 5.41) is 4.15. The molecule has 0 bridgehead atoms. The average Bonchev–Trinajstić information content (AvgIpc) is 3.08. The first kappa shape index (κ1) is 15.2. The van der Waals surface area contributed by atoms with E-state index in [1.807, 2.05) is 4.90 Å². The molecule has 3 rings (SSSR count). The molecule has 1 aliphatic rings. The lowest BCUT2D eigenvalue weighted by atomic mass is 10.3. The highest BCUT2D eigenvalue weighted by Gasteiger charge is 2.34. The molecule has 6 nitrogen and oxygen atoms in total. The number of alkyl halides is 3. The third-order valence-corrected chi connectivity index (χ3v) is 4.45. The highest BCUT2D eigenvalue weighted by Crippen LogP contribution is 2.36. The van der Waals surface area contributed by atoms with Gasteiger partial charge in [0.25, 0.3) is 0 Å². The van der Waals surface area contributed by atoms with E-state index in [0.717, 1.165) is 6.20 Å². The standard InChI is InChI=1S/C12H14F3N5OS/c1-8-17-10(21-18-8)7-19-2-4-20(5-3-19)11-16-6-9(22-11)12(13,14)15/h6H,2-5,7H2,1H3. The molecule has 10 heteroatoms. The van der Waals surface area contributed by atoms with Crippen LogP contribution in [0.2, 0.25) is 0 Å². The van der Waals surface area contributed by atoms with E-state index in [9.17, 15) is 13.2 Å². The first-order valence-electron chi connectivity index (χ1n) is 6.71. The van der Waals surface area contributed by atoms with E-state index in [1.54, 1.807) is 6.92 Å². The van der Waals surface area contributed by atoms with E-state index in [2.05, 4.69) is 20.0 Å². The van der Waals surface area contributed by atoms with Crippen LogP contribution < -0.4 is 4.90 Å². The van der Waals surface area contributed by atoms with Crippen molar-refractivity contribution in [1.82, 2.24) is 20.0 Å². The molecule has 0 N–H and O–H groups in total. The molecule has 22 heavy (non-hydrogen) atoms. The van der Waals surface area contributed by atoms with Crippen molar-refractivity contribution in [3.8, 4) is 0 Å². The van der Waals surface area contributed by atoms with Gasteiger partial charge >= 0.3 is 6.18 Å². The zero-order chi connectivity index (χ0) is 15.7. The first-order chi connectivity index (χ1) is 10.4. The van der Waals surface area contributed by atoms with Gasteiger partial charge in [-0.2, -0.15) is 18.2 Å². The number of aryl methyl sites for hydroxylation is 1. The van der Waals surface area contributed by atoms with Crippen LogP contribution in [0.3, 0.4) is 0 Å². The molecule has 2 aromatic rings. The molecule has 0 saturated carbocycles. The summed E-state index contributed by atoms with van der Waals surface area (Å²) in [5.41, 5.74) is 0. The molecule has 3 heterocycles. The first-order valence-corrected chi connectivity index (χ1v) is 7.53. The summed E-state index contributed by atoms with van der Waals surface area (Å²) in [6.45, 7) is 4.98. The molecule has 0 aromatic carbocycles. The number of piperazine rings is 1. The summed E-state index contributed by atoms with van der Waals surface area (Å²) < 4.78 is 42.9. The van der Waals surface area contributed by atoms with Gasteiger partial charge in [0, 0.05) is 26.2 Å². The van der Waals surface area contributed by atoms with Crippen molar-refractivity contribution >= 4 is 16.5 Å². The lowest BCUT2D eigenvalue weighted by molar-refractivity contribution is -0.134. The topological polar surface area (TPSA) is 58.3 Å². The van der Waals surface area contributed by atoms with Gasteiger partial charge in [-0.3, -0.25) is 4.90 Å². The Hall–Kier alpha value is -1.68. The average molecular weight is 333 g/mol. The Morgan fingerprint density at radius 3 is 2.55 bits per heavy atom. The van der Waals surface area contributed by atoms with Crippen LogP contribution in [0, 0.1) is 6.92 Å². The quantitative estimate of drug-likeness (QED) is 0.858. The summed E-state index contributed by atoms with van der Waals surface area (Å²) in [7, 11) is 0. The van der Waals surface area contributed by atoms with Crippen LogP contribution in [-0.2, 0) is 12.7 Å². The third kappa shape index (κ3) is 3.38. The van der Waals surface area contributed by atoms with Crippen molar-refractivity contribution in [3.05, 3.63) is 22.8 Å². The maximum Gasteiger partial charge on any atom is 0.427 e. The monoisotopic (exact) mass is 333 g/mol. The second-order valence-electron chi connectivity index (χ2n) is 5.00. The number of thiazole rings is 1. The highest BCUT2D eigenvalue weighted by molar-refractivity contribution is 7.15. The van der Waals surface area contributed by atoms with Gasteiger partial charge in [-0.15, -0.1) is 0 Å². The van der Waals surface area contributed by atoms with Gasteiger partial charge in [0.15, 0.2) is 11.0 Å². The Bertz CT molecular complexity index is 633. The zero-order valence-corrected chi connectivity index (χ0v) is 12.6. The third-order valence-electron chi connectivity index (χ3n) is 3.34. The van der Waals surface area contributed by atoms with Crippen LogP contribution in [0.1, 0.15) is 16.6 Å². The predicted octanol–water partition coefficient (Wildman–Crippen LogP) is 2.18. The number of anilines is 1. The molecule has 0 spiro atoms. The Morgan fingerprint density at radius 1 is 1.27 bits per heavy atom. The SMILES string of the molecule is Cc1noc(CN2CCN(c3ncc(C(F)(F)F)s3)CC2)n1. The summed E-state index contributed by atoms with van der Waals surface area (Å²) in [6, 6.07) is 0. The minimum atomic E-state index is -4.33. The van der Waals surface area contributed by atoms with E-state index in [1.165, 1.54) is 0 Å². The molecule has 0 atom stereocenters. The van der Waals surface area contributed by atoms with Crippen molar-refractivity contribution in [1.29, 1.82) is 0 Å². The second kappa shape index (κ2) is 5.84. The second-order valence-corrected chi connectivity index (χ2v) is 6.01. The van der Waals surface area contributed by atoms with Crippen molar-refractivity contribution in [2.24, 2.45) is 0 Å². The maximum atomic E-state index is 12.6. The van der Waals surface area contributed by atoms with Crippen LogP contribution in [0.15, 0.2) is 10.7 Å². The molecular weight excluding hydrogens is 319 g/mol. The number of halogens is 3. The van der Waals surface area contributed by atoms with Gasteiger partial charge in [-0.1, -0.05) is 16.5 Å². The van der Waals surface area contributed by atoms with E-state index >= 15 is 0 Å². The summed E-state index contributed by atoms with van der Waals surface area (Å²) >= 11 is 0.685. The number of nitrogens with zero attached hydrogens (tertiary/aromatic N) is 5. The molecule has 0 amide bonds. The molecular formula is C12H14F3N5OS. The Balaban J connectivity index is 1.56. The van der Waals surface area contributed by atoms with Gasteiger partial charge in [0.2, 0.25) is 5.89 Å². The predicted molar refractivity (Wildman–Crippen MR) is 73.6 cm³/mol. The van der Waals surface area contributed by atoms with Gasteiger partial charge in [0.1, 0.15) is 4.88 Å². The highest BCUT2D eigenvalue weighted by atomic mass is 32.1. The number of aromatic nitrogens is 3.